The molecule has 0 amide bonds. The van der Waals surface area contributed by atoms with Crippen LogP contribution in [-0.2, 0) is 9.47 Å². The fourth-order valence-corrected chi connectivity index (χ4v) is 2.71. The van der Waals surface area contributed by atoms with Crippen LogP contribution in [0.4, 0.5) is 0 Å². The van der Waals surface area contributed by atoms with Crippen molar-refractivity contribution in [3.05, 3.63) is 44.9 Å². The molecule has 0 aliphatic carbocycles. The molecule has 0 saturated heterocycles. The minimum Gasteiger partial charge on any atom is -0.488 e. The Labute approximate surface area is 173 Å². The fraction of sp³-hybridized carbons (Fsp3) is 0.444. The number of rotatable bonds is 11. The van der Waals surface area contributed by atoms with Gasteiger partial charge in [0, 0.05) is 0 Å². The Hall–Kier alpha value is -2.14. The van der Waals surface area contributed by atoms with E-state index in [1.54, 1.807) is 38.1 Å². The van der Waals surface area contributed by atoms with Crippen LogP contribution in [0.5, 0.6) is 11.5 Å². The minimum absolute atomic E-state index is 0.228. The molecule has 0 radical (unpaired) electrons. The highest BCUT2D eigenvalue weighted by molar-refractivity contribution is 7.71. The van der Waals surface area contributed by atoms with Gasteiger partial charge in [-0.05, 0) is 38.1 Å². The van der Waals surface area contributed by atoms with Gasteiger partial charge < -0.3 is 29.4 Å². The second kappa shape index (κ2) is 11.0. The summed E-state index contributed by atoms with van der Waals surface area (Å²) in [4.78, 5) is 0. The SMILES string of the molecule is Cc1ccc(OCCOCCOCCOc2ccc(C)n(O)c2=S)c(=S)n1O. The van der Waals surface area contributed by atoms with Crippen LogP contribution in [0.3, 0.4) is 0 Å². The molecule has 0 aromatic carbocycles. The van der Waals surface area contributed by atoms with Gasteiger partial charge in [0.15, 0.2) is 20.8 Å². The second-order valence-electron chi connectivity index (χ2n) is 5.83. The Morgan fingerprint density at radius 3 is 1.43 bits per heavy atom. The number of aryl methyl sites for hydroxylation is 2. The lowest BCUT2D eigenvalue weighted by molar-refractivity contribution is 0.0267. The van der Waals surface area contributed by atoms with Crippen molar-refractivity contribution in [2.75, 3.05) is 39.6 Å². The summed E-state index contributed by atoms with van der Waals surface area (Å²) in [6, 6.07) is 6.86. The molecule has 0 unspecified atom stereocenters. The Balaban J connectivity index is 1.54. The number of hydrogen-bond acceptors (Lipinski definition) is 8. The molecule has 2 N–H and O–H groups in total. The first-order chi connectivity index (χ1) is 13.4. The van der Waals surface area contributed by atoms with E-state index in [2.05, 4.69) is 0 Å². The number of hydrogen-bond donors (Lipinski definition) is 2. The maximum atomic E-state index is 9.70. The van der Waals surface area contributed by atoms with Crippen LogP contribution < -0.4 is 9.47 Å². The van der Waals surface area contributed by atoms with Crippen molar-refractivity contribution >= 4 is 24.4 Å². The Morgan fingerprint density at radius 2 is 1.04 bits per heavy atom. The van der Waals surface area contributed by atoms with Gasteiger partial charge in [0.2, 0.25) is 0 Å². The second-order valence-corrected chi connectivity index (χ2v) is 6.61. The molecule has 0 saturated carbocycles. The largest absolute Gasteiger partial charge is 0.488 e. The van der Waals surface area contributed by atoms with Gasteiger partial charge in [-0.1, -0.05) is 24.4 Å². The average Bonchev–Trinajstić information content (AvgIpc) is 2.68. The zero-order valence-corrected chi connectivity index (χ0v) is 17.4. The van der Waals surface area contributed by atoms with Gasteiger partial charge in [-0.2, -0.15) is 9.46 Å². The van der Waals surface area contributed by atoms with Crippen molar-refractivity contribution in [2.45, 2.75) is 13.8 Å². The molecule has 0 fully saturated rings. The van der Waals surface area contributed by atoms with E-state index in [1.807, 2.05) is 0 Å². The third-order valence-corrected chi connectivity index (χ3v) is 4.52. The predicted molar refractivity (Wildman–Crippen MR) is 107 cm³/mol. The molecule has 2 rings (SSSR count). The van der Waals surface area contributed by atoms with Crippen LogP contribution in [0.1, 0.15) is 11.4 Å². The summed E-state index contributed by atoms with van der Waals surface area (Å²) in [5, 5.41) is 19.4. The van der Waals surface area contributed by atoms with Crippen molar-refractivity contribution in [3.8, 4) is 11.5 Å². The van der Waals surface area contributed by atoms with E-state index in [9.17, 15) is 10.4 Å². The van der Waals surface area contributed by atoms with E-state index in [1.165, 1.54) is 0 Å². The first-order valence-corrected chi connectivity index (χ1v) is 9.48. The molecule has 2 heterocycles. The van der Waals surface area contributed by atoms with Gasteiger partial charge >= 0.3 is 0 Å². The number of ether oxygens (including phenoxy) is 4. The first-order valence-electron chi connectivity index (χ1n) is 8.66. The summed E-state index contributed by atoms with van der Waals surface area (Å²) >= 11 is 10.2. The zero-order chi connectivity index (χ0) is 20.5. The van der Waals surface area contributed by atoms with E-state index < -0.39 is 0 Å². The molecular weight excluding hydrogens is 404 g/mol. The molecule has 0 spiro atoms. The van der Waals surface area contributed by atoms with Crippen LogP contribution in [0.2, 0.25) is 0 Å². The Kier molecular flexibility index (Phi) is 8.71. The molecule has 28 heavy (non-hydrogen) atoms. The Bertz CT molecular complexity index is 823. The summed E-state index contributed by atoms with van der Waals surface area (Å²) < 4.78 is 24.1. The summed E-state index contributed by atoms with van der Waals surface area (Å²) in [5.41, 5.74) is 1.27. The van der Waals surface area contributed by atoms with Crippen molar-refractivity contribution in [1.82, 2.24) is 9.46 Å². The van der Waals surface area contributed by atoms with Crippen molar-refractivity contribution in [3.63, 3.8) is 0 Å². The van der Waals surface area contributed by atoms with E-state index in [0.29, 0.717) is 62.5 Å². The third kappa shape index (κ3) is 6.20. The van der Waals surface area contributed by atoms with E-state index in [-0.39, 0.29) is 9.28 Å². The molecule has 0 bridgehead atoms. The highest BCUT2D eigenvalue weighted by Gasteiger charge is 2.04. The lowest BCUT2D eigenvalue weighted by Crippen LogP contribution is -2.14. The van der Waals surface area contributed by atoms with Crippen LogP contribution in [0, 0.1) is 23.1 Å². The molecule has 2 aromatic rings. The lowest BCUT2D eigenvalue weighted by atomic mass is 10.4. The number of pyridine rings is 2. The summed E-state index contributed by atoms with van der Waals surface area (Å²) in [6.45, 7) is 5.66. The average molecular weight is 429 g/mol. The molecule has 8 nitrogen and oxygen atoms in total. The van der Waals surface area contributed by atoms with Crippen molar-refractivity contribution in [2.24, 2.45) is 0 Å². The number of nitrogens with zero attached hydrogens (tertiary/aromatic N) is 2. The standard InChI is InChI=1S/C18H24N2O6S2/c1-13-3-5-15(17(27)19(13)21)25-11-9-23-7-8-24-10-12-26-16-6-4-14(2)20(22)18(16)28/h3-6,21-22H,7-12H2,1-2H3. The van der Waals surface area contributed by atoms with Gasteiger partial charge in [-0.25, -0.2) is 0 Å². The topological polar surface area (TPSA) is 87.2 Å². The highest BCUT2D eigenvalue weighted by atomic mass is 32.1. The molecule has 0 aliphatic rings. The number of aromatic nitrogens is 2. The fourth-order valence-electron chi connectivity index (χ4n) is 2.17. The normalized spacial score (nSPS) is 10.8. The minimum atomic E-state index is 0.228. The van der Waals surface area contributed by atoms with Crippen molar-refractivity contribution in [1.29, 1.82) is 0 Å². The lowest BCUT2D eigenvalue weighted by Gasteiger charge is -2.11. The molecule has 0 atom stereocenters. The van der Waals surface area contributed by atoms with E-state index >= 15 is 0 Å². The summed E-state index contributed by atoms with van der Waals surface area (Å²) in [5.74, 6) is 0.864. The van der Waals surface area contributed by atoms with E-state index in [4.69, 9.17) is 43.4 Å². The van der Waals surface area contributed by atoms with Gasteiger partial charge in [0.05, 0.1) is 37.8 Å². The maximum absolute atomic E-state index is 9.70. The first kappa shape index (κ1) is 22.2. The van der Waals surface area contributed by atoms with E-state index in [0.717, 1.165) is 9.46 Å². The van der Waals surface area contributed by atoms with Crippen molar-refractivity contribution < 1.29 is 29.4 Å². The van der Waals surface area contributed by atoms with Crippen LogP contribution in [0.15, 0.2) is 24.3 Å². The smallest absolute Gasteiger partial charge is 0.184 e. The maximum Gasteiger partial charge on any atom is 0.184 e. The predicted octanol–water partition coefficient (Wildman–Crippen LogP) is 3.33. The highest BCUT2D eigenvalue weighted by Crippen LogP contribution is 2.15. The summed E-state index contributed by atoms with van der Waals surface area (Å²) in [6.07, 6.45) is 0. The Morgan fingerprint density at radius 1 is 0.679 bits per heavy atom. The quantitative estimate of drug-likeness (QED) is 0.320. The molecule has 0 aliphatic heterocycles. The molecular formula is C18H24N2O6S2. The third-order valence-electron chi connectivity index (χ3n) is 3.77. The van der Waals surface area contributed by atoms with Gasteiger partial charge in [-0.15, -0.1) is 0 Å². The van der Waals surface area contributed by atoms with Gasteiger partial charge in [-0.3, -0.25) is 0 Å². The van der Waals surface area contributed by atoms with Crippen LogP contribution in [-0.4, -0.2) is 59.5 Å². The zero-order valence-electron chi connectivity index (χ0n) is 15.8. The molecule has 154 valence electrons. The van der Waals surface area contributed by atoms with Gasteiger partial charge in [0.1, 0.15) is 13.2 Å². The summed E-state index contributed by atoms with van der Waals surface area (Å²) in [7, 11) is 0. The van der Waals surface area contributed by atoms with Gasteiger partial charge in [0.25, 0.3) is 0 Å². The molecule has 2 aromatic heterocycles. The molecule has 10 heteroatoms. The monoisotopic (exact) mass is 428 g/mol. The van der Waals surface area contributed by atoms with Crippen LogP contribution >= 0.6 is 24.4 Å². The van der Waals surface area contributed by atoms with Crippen LogP contribution in [0.25, 0.3) is 0 Å².